The molecule has 1 N–H and O–H groups in total. The van der Waals surface area contributed by atoms with Gasteiger partial charge in [0.2, 0.25) is 0 Å². The molecule has 0 fully saturated rings. The van der Waals surface area contributed by atoms with Gasteiger partial charge in [0, 0.05) is 5.56 Å². The van der Waals surface area contributed by atoms with Crippen molar-refractivity contribution in [3.05, 3.63) is 49.9 Å². The van der Waals surface area contributed by atoms with E-state index in [0.29, 0.717) is 14.2 Å². The van der Waals surface area contributed by atoms with E-state index in [1.165, 1.54) is 25.3 Å². The lowest BCUT2D eigenvalue weighted by molar-refractivity contribution is 0.209. The van der Waals surface area contributed by atoms with Crippen LogP contribution in [-0.2, 0) is 0 Å². The Hall–Kier alpha value is -0.810. The fourth-order valence-corrected chi connectivity index (χ4v) is 3.18. The third-order valence-electron chi connectivity index (χ3n) is 2.48. The standard InChI is InChI=1S/C12H9Cl2FO2S/c1-17-8-4-2-3-7(15)10(8)11(16)6-5-9(13)18-12(6)14/h2-5,11,16H,1H3. The Morgan fingerprint density at radius 1 is 1.39 bits per heavy atom. The van der Waals surface area contributed by atoms with Crippen molar-refractivity contribution in [2.45, 2.75) is 6.10 Å². The van der Waals surface area contributed by atoms with Crippen LogP contribution in [0, 0.1) is 5.82 Å². The Balaban J connectivity index is 2.52. The van der Waals surface area contributed by atoms with Crippen LogP contribution < -0.4 is 4.74 Å². The van der Waals surface area contributed by atoms with Gasteiger partial charge in [-0.3, -0.25) is 0 Å². The van der Waals surface area contributed by atoms with E-state index in [0.717, 1.165) is 11.3 Å². The van der Waals surface area contributed by atoms with Crippen LogP contribution in [-0.4, -0.2) is 12.2 Å². The Morgan fingerprint density at radius 2 is 2.11 bits per heavy atom. The second-order valence-electron chi connectivity index (χ2n) is 3.54. The lowest BCUT2D eigenvalue weighted by Gasteiger charge is -2.15. The molecule has 0 aliphatic rings. The highest BCUT2D eigenvalue weighted by Crippen LogP contribution is 2.40. The number of aliphatic hydroxyl groups excluding tert-OH is 1. The molecule has 0 saturated heterocycles. The molecule has 0 bridgehead atoms. The summed E-state index contributed by atoms with van der Waals surface area (Å²) in [5, 5.41) is 10.2. The monoisotopic (exact) mass is 306 g/mol. The number of methoxy groups -OCH3 is 1. The number of thiophene rings is 1. The van der Waals surface area contributed by atoms with Crippen molar-refractivity contribution >= 4 is 34.5 Å². The molecule has 0 saturated carbocycles. The summed E-state index contributed by atoms with van der Waals surface area (Å²) in [6.45, 7) is 0. The van der Waals surface area contributed by atoms with Gasteiger partial charge in [0.05, 0.1) is 17.0 Å². The third kappa shape index (κ3) is 2.47. The summed E-state index contributed by atoms with van der Waals surface area (Å²) in [7, 11) is 1.41. The SMILES string of the molecule is COc1cccc(F)c1C(O)c1cc(Cl)sc1Cl. The molecule has 2 nitrogen and oxygen atoms in total. The smallest absolute Gasteiger partial charge is 0.133 e. The molecular weight excluding hydrogens is 298 g/mol. The van der Waals surface area contributed by atoms with Gasteiger partial charge in [-0.15, -0.1) is 11.3 Å². The van der Waals surface area contributed by atoms with Gasteiger partial charge in [-0.1, -0.05) is 29.3 Å². The van der Waals surface area contributed by atoms with E-state index in [9.17, 15) is 9.50 Å². The zero-order valence-electron chi connectivity index (χ0n) is 9.28. The van der Waals surface area contributed by atoms with Crippen LogP contribution in [0.2, 0.25) is 8.67 Å². The summed E-state index contributed by atoms with van der Waals surface area (Å²) in [6, 6.07) is 5.85. The highest BCUT2D eigenvalue weighted by Gasteiger charge is 2.23. The maximum Gasteiger partial charge on any atom is 0.133 e. The van der Waals surface area contributed by atoms with Crippen LogP contribution in [0.4, 0.5) is 4.39 Å². The Bertz CT molecular complexity index is 571. The van der Waals surface area contributed by atoms with E-state index in [4.69, 9.17) is 27.9 Å². The lowest BCUT2D eigenvalue weighted by Crippen LogP contribution is -2.04. The van der Waals surface area contributed by atoms with Gasteiger partial charge in [-0.2, -0.15) is 0 Å². The quantitative estimate of drug-likeness (QED) is 0.917. The minimum absolute atomic E-state index is 0.0522. The Kier molecular flexibility index (Phi) is 4.12. The molecule has 0 amide bonds. The molecule has 0 radical (unpaired) electrons. The molecule has 96 valence electrons. The maximum absolute atomic E-state index is 13.8. The number of benzene rings is 1. The molecule has 6 heteroatoms. The van der Waals surface area contributed by atoms with Crippen LogP contribution in [0.1, 0.15) is 17.2 Å². The molecular formula is C12H9Cl2FO2S. The van der Waals surface area contributed by atoms with Gasteiger partial charge in [0.1, 0.15) is 22.0 Å². The molecule has 0 aliphatic carbocycles. The summed E-state index contributed by atoms with van der Waals surface area (Å²) in [5.41, 5.74) is 0.423. The van der Waals surface area contributed by atoms with E-state index in [1.54, 1.807) is 6.07 Å². The fraction of sp³-hybridized carbons (Fsp3) is 0.167. The van der Waals surface area contributed by atoms with Crippen molar-refractivity contribution in [3.63, 3.8) is 0 Å². The van der Waals surface area contributed by atoms with Crippen molar-refractivity contribution in [3.8, 4) is 5.75 Å². The first-order valence-electron chi connectivity index (χ1n) is 4.99. The van der Waals surface area contributed by atoms with Crippen molar-refractivity contribution in [1.29, 1.82) is 0 Å². The normalized spacial score (nSPS) is 12.5. The van der Waals surface area contributed by atoms with E-state index in [1.807, 2.05) is 0 Å². The van der Waals surface area contributed by atoms with Crippen LogP contribution in [0.15, 0.2) is 24.3 Å². The number of ether oxygens (including phenoxy) is 1. The Morgan fingerprint density at radius 3 is 2.67 bits per heavy atom. The number of hydrogen-bond acceptors (Lipinski definition) is 3. The van der Waals surface area contributed by atoms with Crippen LogP contribution in [0.5, 0.6) is 5.75 Å². The molecule has 0 spiro atoms. The molecule has 1 unspecified atom stereocenters. The summed E-state index contributed by atoms with van der Waals surface area (Å²) >= 11 is 12.9. The van der Waals surface area contributed by atoms with Gasteiger partial charge in [-0.05, 0) is 18.2 Å². The minimum Gasteiger partial charge on any atom is -0.496 e. The first-order chi connectivity index (χ1) is 8.54. The van der Waals surface area contributed by atoms with Crippen LogP contribution >= 0.6 is 34.5 Å². The highest BCUT2D eigenvalue weighted by atomic mass is 35.5. The topological polar surface area (TPSA) is 29.5 Å². The van der Waals surface area contributed by atoms with Crippen molar-refractivity contribution in [2.24, 2.45) is 0 Å². The van der Waals surface area contributed by atoms with Crippen molar-refractivity contribution in [2.75, 3.05) is 7.11 Å². The average Bonchev–Trinajstić information content (AvgIpc) is 2.67. The summed E-state index contributed by atoms with van der Waals surface area (Å²) < 4.78 is 19.6. The van der Waals surface area contributed by atoms with E-state index in [2.05, 4.69) is 0 Å². The predicted octanol–water partition coefficient (Wildman–Crippen LogP) is 4.28. The molecule has 1 aromatic carbocycles. The highest BCUT2D eigenvalue weighted by molar-refractivity contribution is 7.20. The zero-order chi connectivity index (χ0) is 13.3. The maximum atomic E-state index is 13.8. The molecule has 1 aromatic heterocycles. The first kappa shape index (κ1) is 13.6. The van der Waals surface area contributed by atoms with Crippen LogP contribution in [0.3, 0.4) is 0 Å². The third-order valence-corrected chi connectivity index (χ3v) is 4.00. The van der Waals surface area contributed by atoms with Crippen molar-refractivity contribution < 1.29 is 14.2 Å². The van der Waals surface area contributed by atoms with Crippen LogP contribution in [0.25, 0.3) is 0 Å². The Labute approximate surface area is 118 Å². The first-order valence-corrected chi connectivity index (χ1v) is 6.57. The summed E-state index contributed by atoms with van der Waals surface area (Å²) in [4.78, 5) is 0. The van der Waals surface area contributed by atoms with Gasteiger partial charge in [0.15, 0.2) is 0 Å². The van der Waals surface area contributed by atoms with E-state index >= 15 is 0 Å². The molecule has 1 heterocycles. The molecule has 18 heavy (non-hydrogen) atoms. The number of halogens is 3. The second kappa shape index (κ2) is 5.45. The van der Waals surface area contributed by atoms with Gasteiger partial charge < -0.3 is 9.84 Å². The zero-order valence-corrected chi connectivity index (χ0v) is 11.6. The van der Waals surface area contributed by atoms with Crippen molar-refractivity contribution in [1.82, 2.24) is 0 Å². The predicted molar refractivity (Wildman–Crippen MR) is 71.4 cm³/mol. The second-order valence-corrected chi connectivity index (χ2v) is 5.82. The molecule has 2 rings (SSSR count). The minimum atomic E-state index is -1.21. The van der Waals surface area contributed by atoms with Gasteiger partial charge in [-0.25, -0.2) is 4.39 Å². The number of rotatable bonds is 3. The fourth-order valence-electron chi connectivity index (χ4n) is 1.66. The van der Waals surface area contributed by atoms with Gasteiger partial charge >= 0.3 is 0 Å². The lowest BCUT2D eigenvalue weighted by atomic mass is 10.0. The summed E-state index contributed by atoms with van der Waals surface area (Å²) in [6.07, 6.45) is -1.21. The number of hydrogen-bond donors (Lipinski definition) is 1. The van der Waals surface area contributed by atoms with Gasteiger partial charge in [0.25, 0.3) is 0 Å². The molecule has 1 atom stereocenters. The number of aliphatic hydroxyl groups is 1. The molecule has 2 aromatic rings. The van der Waals surface area contributed by atoms with E-state index < -0.39 is 11.9 Å². The summed E-state index contributed by atoms with van der Waals surface area (Å²) in [5.74, 6) is -0.291. The largest absolute Gasteiger partial charge is 0.496 e. The average molecular weight is 307 g/mol. The molecule has 0 aliphatic heterocycles. The van der Waals surface area contributed by atoms with E-state index in [-0.39, 0.29) is 11.3 Å².